The first-order valence-corrected chi connectivity index (χ1v) is 9.83. The lowest BCUT2D eigenvalue weighted by atomic mass is 10.2. The van der Waals surface area contributed by atoms with Crippen molar-refractivity contribution in [2.45, 2.75) is 19.5 Å². The molecule has 0 amide bonds. The summed E-state index contributed by atoms with van der Waals surface area (Å²) in [6, 6.07) is 12.7. The highest BCUT2D eigenvalue weighted by Gasteiger charge is 2.34. The van der Waals surface area contributed by atoms with Crippen molar-refractivity contribution in [2.24, 2.45) is 0 Å². The fourth-order valence-electron chi connectivity index (χ4n) is 3.53. The Bertz CT molecular complexity index is 990. The molecular weight excluding hydrogens is 391 g/mol. The molecule has 0 unspecified atom stereocenters. The first-order chi connectivity index (χ1) is 14.4. The van der Waals surface area contributed by atoms with E-state index in [2.05, 4.69) is 44.1 Å². The predicted octanol–water partition coefficient (Wildman–Crippen LogP) is 4.58. The van der Waals surface area contributed by atoms with Crippen LogP contribution in [0.5, 0.6) is 0 Å². The van der Waals surface area contributed by atoms with Gasteiger partial charge in [-0.15, -0.1) is 0 Å². The van der Waals surface area contributed by atoms with Gasteiger partial charge in [-0.25, -0.2) is 9.97 Å². The van der Waals surface area contributed by atoms with Crippen molar-refractivity contribution in [3.8, 4) is 11.4 Å². The first kappa shape index (κ1) is 20.1. The van der Waals surface area contributed by atoms with Gasteiger partial charge in [0, 0.05) is 55.9 Å². The third-order valence-corrected chi connectivity index (χ3v) is 5.14. The van der Waals surface area contributed by atoms with Gasteiger partial charge in [0.25, 0.3) is 0 Å². The number of anilines is 2. The largest absolute Gasteiger partial charge is 0.433 e. The van der Waals surface area contributed by atoms with Gasteiger partial charge >= 0.3 is 6.18 Å². The van der Waals surface area contributed by atoms with Gasteiger partial charge < -0.3 is 9.80 Å². The monoisotopic (exact) mass is 413 g/mol. The van der Waals surface area contributed by atoms with Crippen LogP contribution in [0, 0.1) is 6.92 Å². The predicted molar refractivity (Wildman–Crippen MR) is 110 cm³/mol. The van der Waals surface area contributed by atoms with E-state index in [0.29, 0.717) is 31.0 Å². The van der Waals surface area contributed by atoms with Gasteiger partial charge in [0.15, 0.2) is 11.5 Å². The second-order valence-electron chi connectivity index (χ2n) is 7.34. The highest BCUT2D eigenvalue weighted by Crippen LogP contribution is 2.32. The van der Waals surface area contributed by atoms with Crippen LogP contribution in [0.3, 0.4) is 0 Å². The average molecular weight is 413 g/mol. The van der Waals surface area contributed by atoms with Crippen LogP contribution >= 0.6 is 0 Å². The number of alkyl halides is 3. The molecule has 1 aliphatic heterocycles. The lowest BCUT2D eigenvalue weighted by Gasteiger charge is -2.25. The zero-order valence-electron chi connectivity index (χ0n) is 16.6. The van der Waals surface area contributed by atoms with E-state index in [4.69, 9.17) is 0 Å². The van der Waals surface area contributed by atoms with Crippen molar-refractivity contribution in [2.75, 3.05) is 36.0 Å². The summed E-state index contributed by atoms with van der Waals surface area (Å²) in [6.07, 6.45) is -0.691. The summed E-state index contributed by atoms with van der Waals surface area (Å²) in [7, 11) is 0. The number of rotatable bonds is 3. The fraction of sp³-hybridized carbons (Fsp3) is 0.318. The molecule has 3 heterocycles. The number of benzene rings is 1. The zero-order valence-corrected chi connectivity index (χ0v) is 16.6. The van der Waals surface area contributed by atoms with Crippen LogP contribution in [0.25, 0.3) is 11.4 Å². The van der Waals surface area contributed by atoms with E-state index in [1.165, 1.54) is 11.8 Å². The smallest absolute Gasteiger partial charge is 0.370 e. The molecule has 156 valence electrons. The number of halogens is 3. The van der Waals surface area contributed by atoms with Gasteiger partial charge in [-0.1, -0.05) is 17.7 Å². The Morgan fingerprint density at radius 1 is 0.900 bits per heavy atom. The first-order valence-electron chi connectivity index (χ1n) is 9.83. The molecule has 0 N–H and O–H groups in total. The molecule has 0 spiro atoms. The maximum Gasteiger partial charge on any atom is 0.433 e. The van der Waals surface area contributed by atoms with E-state index in [1.807, 2.05) is 11.8 Å². The molecule has 1 aliphatic rings. The van der Waals surface area contributed by atoms with Crippen LogP contribution in [-0.4, -0.2) is 41.1 Å². The van der Waals surface area contributed by atoms with Crippen LogP contribution in [0.15, 0.2) is 54.9 Å². The molecular formula is C22H22F3N5. The summed E-state index contributed by atoms with van der Waals surface area (Å²) in [5.41, 5.74) is 1.84. The summed E-state index contributed by atoms with van der Waals surface area (Å²) in [6.45, 7) is 4.79. The van der Waals surface area contributed by atoms with Crippen molar-refractivity contribution in [1.82, 2.24) is 15.0 Å². The standard InChI is InChI=1S/C22H22F3N5/c1-16-5-7-18(8-6-16)29-10-3-11-30(13-12-29)20-14-19(22(23,24)25)27-21(28-20)17-4-2-9-26-15-17/h2,4-9,14-15H,3,10-13H2,1H3. The maximum atomic E-state index is 13.5. The summed E-state index contributed by atoms with van der Waals surface area (Å²) in [5, 5.41) is 0. The molecule has 1 aromatic carbocycles. The molecule has 3 aromatic rings. The Morgan fingerprint density at radius 2 is 1.63 bits per heavy atom. The van der Waals surface area contributed by atoms with E-state index in [1.54, 1.807) is 18.3 Å². The van der Waals surface area contributed by atoms with Crippen LogP contribution < -0.4 is 9.80 Å². The summed E-state index contributed by atoms with van der Waals surface area (Å²) < 4.78 is 40.5. The number of pyridine rings is 1. The molecule has 4 rings (SSSR count). The van der Waals surface area contributed by atoms with Crippen molar-refractivity contribution in [1.29, 1.82) is 0 Å². The minimum absolute atomic E-state index is 0.0348. The average Bonchev–Trinajstić information content (AvgIpc) is 3.00. The highest BCUT2D eigenvalue weighted by molar-refractivity contribution is 5.57. The zero-order chi connectivity index (χ0) is 21.1. The van der Waals surface area contributed by atoms with Gasteiger partial charge in [-0.2, -0.15) is 13.2 Å². The molecule has 0 saturated carbocycles. The number of aromatic nitrogens is 3. The molecule has 0 atom stereocenters. The number of hydrogen-bond acceptors (Lipinski definition) is 5. The van der Waals surface area contributed by atoms with E-state index < -0.39 is 11.9 Å². The van der Waals surface area contributed by atoms with Gasteiger partial charge in [0.1, 0.15) is 5.82 Å². The summed E-state index contributed by atoms with van der Waals surface area (Å²) in [4.78, 5) is 16.3. The lowest BCUT2D eigenvalue weighted by Crippen LogP contribution is -2.31. The summed E-state index contributed by atoms with van der Waals surface area (Å²) >= 11 is 0. The van der Waals surface area contributed by atoms with Crippen LogP contribution in [0.2, 0.25) is 0 Å². The van der Waals surface area contributed by atoms with Gasteiger partial charge in [0.2, 0.25) is 0 Å². The molecule has 8 heteroatoms. The molecule has 0 radical (unpaired) electrons. The Hall–Kier alpha value is -3.16. The second-order valence-corrected chi connectivity index (χ2v) is 7.34. The normalized spacial score (nSPS) is 15.2. The molecule has 0 bridgehead atoms. The van der Waals surface area contributed by atoms with Crippen LogP contribution in [0.4, 0.5) is 24.7 Å². The number of nitrogens with zero attached hydrogens (tertiary/aromatic N) is 5. The molecule has 1 saturated heterocycles. The SMILES string of the molecule is Cc1ccc(N2CCCN(c3cc(C(F)(F)F)nc(-c4cccnc4)n3)CC2)cc1. The molecule has 0 aliphatic carbocycles. The number of aryl methyl sites for hydroxylation is 1. The van der Waals surface area contributed by atoms with Crippen molar-refractivity contribution in [3.63, 3.8) is 0 Å². The molecule has 5 nitrogen and oxygen atoms in total. The quantitative estimate of drug-likeness (QED) is 0.629. The van der Waals surface area contributed by atoms with E-state index in [0.717, 1.165) is 24.7 Å². The van der Waals surface area contributed by atoms with Gasteiger partial charge in [-0.3, -0.25) is 4.98 Å². The third-order valence-electron chi connectivity index (χ3n) is 5.14. The Balaban J connectivity index is 1.62. The van der Waals surface area contributed by atoms with E-state index in [-0.39, 0.29) is 5.82 Å². The van der Waals surface area contributed by atoms with Crippen molar-refractivity contribution in [3.05, 3.63) is 66.1 Å². The molecule has 30 heavy (non-hydrogen) atoms. The third kappa shape index (κ3) is 4.53. The fourth-order valence-corrected chi connectivity index (χ4v) is 3.53. The Labute approximate surface area is 173 Å². The maximum absolute atomic E-state index is 13.5. The van der Waals surface area contributed by atoms with Crippen molar-refractivity contribution < 1.29 is 13.2 Å². The summed E-state index contributed by atoms with van der Waals surface area (Å²) in [5.74, 6) is 0.328. The molecule has 2 aromatic heterocycles. The van der Waals surface area contributed by atoms with Crippen molar-refractivity contribution >= 4 is 11.5 Å². The Morgan fingerprint density at radius 3 is 2.33 bits per heavy atom. The second kappa shape index (κ2) is 8.30. The molecule has 1 fully saturated rings. The minimum Gasteiger partial charge on any atom is -0.370 e. The van der Waals surface area contributed by atoms with E-state index in [9.17, 15) is 13.2 Å². The van der Waals surface area contributed by atoms with Crippen LogP contribution in [-0.2, 0) is 6.18 Å². The highest BCUT2D eigenvalue weighted by atomic mass is 19.4. The van der Waals surface area contributed by atoms with Gasteiger partial charge in [-0.05, 0) is 37.6 Å². The number of hydrogen-bond donors (Lipinski definition) is 0. The van der Waals surface area contributed by atoms with Gasteiger partial charge in [0.05, 0.1) is 0 Å². The van der Waals surface area contributed by atoms with E-state index >= 15 is 0 Å². The van der Waals surface area contributed by atoms with Crippen LogP contribution in [0.1, 0.15) is 17.7 Å². The minimum atomic E-state index is -4.55. The topological polar surface area (TPSA) is 45.2 Å². The Kier molecular flexibility index (Phi) is 5.57. The lowest BCUT2D eigenvalue weighted by molar-refractivity contribution is -0.141.